The quantitative estimate of drug-likeness (QED) is 0.146. The molecule has 0 aliphatic heterocycles. The number of nitrogens with zero attached hydrogens (tertiary/aromatic N) is 5. The van der Waals surface area contributed by atoms with Gasteiger partial charge in [0.2, 0.25) is 0 Å². The number of hydrogen-bond acceptors (Lipinski definition) is 4. The molecular weight excluding hydrogens is 590 g/mol. The fraction of sp³-hybridized carbons (Fsp3) is 0.0476. The number of hydrogen-bond donors (Lipinski definition) is 0. The highest BCUT2D eigenvalue weighted by atomic mass is 16.1. The smallest absolute Gasteiger partial charge is 0.295 e. The van der Waals surface area contributed by atoms with Crippen molar-refractivity contribution in [1.82, 2.24) is 24.1 Å². The van der Waals surface area contributed by atoms with Gasteiger partial charge in [0, 0.05) is 30.8 Å². The molecule has 0 aliphatic rings. The minimum absolute atomic E-state index is 0.0454. The molecule has 0 amide bonds. The number of rotatable bonds is 4. The summed E-state index contributed by atoms with van der Waals surface area (Å²) in [6.45, 7) is 0. The molecule has 0 saturated carbocycles. The predicted octanol–water partition coefficient (Wildman–Crippen LogP) is 9.19. The zero-order valence-electron chi connectivity index (χ0n) is 26.4. The SMILES string of the molecule is Cn1c(=O)n(C)c2cc(-c3cccc(-c4nc(-c5ccccc5)nc(-c5c6ccccc6cc6c5ccc5ccccc56)n4)c3)ccc21. The Balaban J connectivity index is 1.29. The molecule has 0 fully saturated rings. The minimum Gasteiger partial charge on any atom is -0.295 e. The summed E-state index contributed by atoms with van der Waals surface area (Å²) < 4.78 is 3.36. The number of aryl methyl sites for hydroxylation is 2. The minimum atomic E-state index is -0.0454. The van der Waals surface area contributed by atoms with Gasteiger partial charge in [-0.2, -0.15) is 0 Å². The average Bonchev–Trinajstić information content (AvgIpc) is 3.36. The van der Waals surface area contributed by atoms with E-state index in [4.69, 9.17) is 15.0 Å². The van der Waals surface area contributed by atoms with E-state index < -0.39 is 0 Å². The number of aromatic nitrogens is 5. The average molecular weight is 620 g/mol. The standard InChI is InChI=1S/C42H29N5O/c1-46-36-22-20-29(25-37(36)47(2)42(46)48)28-15-10-16-31(23-28)40-43-39(27-12-4-3-5-13-27)44-41(45-40)38-33-18-9-7-14-30(33)24-35-32-17-8-6-11-26(32)19-21-34(35)38/h3-25H,1-2H3. The Kier molecular flexibility index (Phi) is 6.30. The van der Waals surface area contributed by atoms with Crippen molar-refractivity contribution in [1.29, 1.82) is 0 Å². The molecule has 48 heavy (non-hydrogen) atoms. The van der Waals surface area contributed by atoms with Gasteiger partial charge < -0.3 is 0 Å². The van der Waals surface area contributed by atoms with E-state index in [1.807, 2.05) is 55.6 Å². The second-order valence-corrected chi connectivity index (χ2v) is 12.2. The number of benzene rings is 7. The summed E-state index contributed by atoms with van der Waals surface area (Å²) >= 11 is 0. The van der Waals surface area contributed by atoms with Gasteiger partial charge in [-0.3, -0.25) is 9.13 Å². The van der Waals surface area contributed by atoms with Crippen LogP contribution in [0.15, 0.2) is 144 Å². The molecule has 2 heterocycles. The van der Waals surface area contributed by atoms with Gasteiger partial charge in [0.25, 0.3) is 0 Å². The van der Waals surface area contributed by atoms with Crippen LogP contribution < -0.4 is 5.69 Å². The molecule has 0 N–H and O–H groups in total. The highest BCUT2D eigenvalue weighted by Gasteiger charge is 2.18. The molecule has 0 aliphatic carbocycles. The lowest BCUT2D eigenvalue weighted by atomic mass is 9.93. The first-order valence-corrected chi connectivity index (χ1v) is 15.9. The molecule has 0 unspecified atom stereocenters. The molecule has 7 aromatic carbocycles. The van der Waals surface area contributed by atoms with Crippen LogP contribution in [0.5, 0.6) is 0 Å². The Bertz CT molecular complexity index is 2780. The van der Waals surface area contributed by atoms with E-state index in [0.29, 0.717) is 17.5 Å². The summed E-state index contributed by atoms with van der Waals surface area (Å²) in [6.07, 6.45) is 0. The van der Waals surface area contributed by atoms with Gasteiger partial charge in [-0.25, -0.2) is 19.7 Å². The van der Waals surface area contributed by atoms with Gasteiger partial charge in [-0.15, -0.1) is 0 Å². The first kappa shape index (κ1) is 27.9. The molecule has 0 bridgehead atoms. The second kappa shape index (κ2) is 10.9. The Morgan fingerprint density at radius 1 is 0.417 bits per heavy atom. The third-order valence-electron chi connectivity index (χ3n) is 9.39. The lowest BCUT2D eigenvalue weighted by Crippen LogP contribution is -2.19. The first-order chi connectivity index (χ1) is 23.5. The van der Waals surface area contributed by atoms with Crippen LogP contribution in [-0.4, -0.2) is 24.1 Å². The van der Waals surface area contributed by atoms with Crippen LogP contribution in [0.1, 0.15) is 0 Å². The summed E-state index contributed by atoms with van der Waals surface area (Å²) in [6, 6.07) is 48.1. The molecule has 9 rings (SSSR count). The van der Waals surface area contributed by atoms with E-state index in [2.05, 4.69) is 91.0 Å². The van der Waals surface area contributed by atoms with Crippen molar-refractivity contribution in [3.63, 3.8) is 0 Å². The third-order valence-corrected chi connectivity index (χ3v) is 9.39. The van der Waals surface area contributed by atoms with E-state index >= 15 is 0 Å². The molecular formula is C42H29N5O. The zero-order valence-corrected chi connectivity index (χ0v) is 26.4. The molecule has 9 aromatic rings. The summed E-state index contributed by atoms with van der Waals surface area (Å²) in [5.74, 6) is 1.83. The largest absolute Gasteiger partial charge is 0.328 e. The Hall–Kier alpha value is -6.40. The van der Waals surface area contributed by atoms with E-state index in [0.717, 1.165) is 60.4 Å². The topological polar surface area (TPSA) is 65.6 Å². The fourth-order valence-corrected chi connectivity index (χ4v) is 6.92. The van der Waals surface area contributed by atoms with Crippen LogP contribution in [0.2, 0.25) is 0 Å². The molecule has 0 atom stereocenters. The summed E-state index contributed by atoms with van der Waals surface area (Å²) in [4.78, 5) is 28.0. The molecule has 0 radical (unpaired) electrons. The second-order valence-electron chi connectivity index (χ2n) is 12.2. The normalized spacial score (nSPS) is 11.6. The summed E-state index contributed by atoms with van der Waals surface area (Å²) in [5, 5.41) is 6.87. The van der Waals surface area contributed by atoms with E-state index in [1.54, 1.807) is 16.2 Å². The van der Waals surface area contributed by atoms with Gasteiger partial charge in [-0.1, -0.05) is 115 Å². The van der Waals surface area contributed by atoms with E-state index in [9.17, 15) is 4.79 Å². The Labute approximate surface area is 276 Å². The van der Waals surface area contributed by atoms with Crippen molar-refractivity contribution in [2.24, 2.45) is 14.1 Å². The highest BCUT2D eigenvalue weighted by Crippen LogP contribution is 2.39. The van der Waals surface area contributed by atoms with Crippen LogP contribution in [-0.2, 0) is 14.1 Å². The highest BCUT2D eigenvalue weighted by molar-refractivity contribution is 6.19. The maximum absolute atomic E-state index is 12.6. The first-order valence-electron chi connectivity index (χ1n) is 15.9. The molecule has 2 aromatic heterocycles. The van der Waals surface area contributed by atoms with Gasteiger partial charge in [-0.05, 0) is 67.7 Å². The van der Waals surface area contributed by atoms with Crippen LogP contribution in [0.3, 0.4) is 0 Å². The van der Waals surface area contributed by atoms with E-state index in [-0.39, 0.29) is 5.69 Å². The van der Waals surface area contributed by atoms with Crippen LogP contribution in [0.4, 0.5) is 0 Å². The summed E-state index contributed by atoms with van der Waals surface area (Å²) in [7, 11) is 3.61. The number of imidazole rings is 1. The Morgan fingerprint density at radius 2 is 1.04 bits per heavy atom. The van der Waals surface area contributed by atoms with Gasteiger partial charge in [0.05, 0.1) is 11.0 Å². The van der Waals surface area contributed by atoms with Crippen LogP contribution >= 0.6 is 0 Å². The maximum Gasteiger partial charge on any atom is 0.328 e. The molecule has 6 nitrogen and oxygen atoms in total. The monoisotopic (exact) mass is 619 g/mol. The fourth-order valence-electron chi connectivity index (χ4n) is 6.92. The third kappa shape index (κ3) is 4.42. The van der Waals surface area contributed by atoms with Crippen molar-refractivity contribution >= 4 is 43.4 Å². The van der Waals surface area contributed by atoms with Crippen molar-refractivity contribution in [2.75, 3.05) is 0 Å². The summed E-state index contributed by atoms with van der Waals surface area (Å²) in [5.41, 5.74) is 6.54. The molecule has 0 spiro atoms. The number of fused-ring (bicyclic) bond motifs is 5. The Morgan fingerprint density at radius 3 is 1.88 bits per heavy atom. The van der Waals surface area contributed by atoms with Gasteiger partial charge in [0.15, 0.2) is 17.5 Å². The van der Waals surface area contributed by atoms with Gasteiger partial charge >= 0.3 is 5.69 Å². The lowest BCUT2D eigenvalue weighted by Gasteiger charge is -2.15. The van der Waals surface area contributed by atoms with Gasteiger partial charge in [0.1, 0.15) is 0 Å². The lowest BCUT2D eigenvalue weighted by molar-refractivity contribution is 0.795. The van der Waals surface area contributed by atoms with E-state index in [1.165, 1.54) is 10.8 Å². The van der Waals surface area contributed by atoms with Crippen molar-refractivity contribution in [3.05, 3.63) is 150 Å². The van der Waals surface area contributed by atoms with Crippen LogP contribution in [0, 0.1) is 0 Å². The molecule has 228 valence electrons. The van der Waals surface area contributed by atoms with Crippen molar-refractivity contribution in [2.45, 2.75) is 0 Å². The van der Waals surface area contributed by atoms with Crippen LogP contribution in [0.25, 0.3) is 88.6 Å². The maximum atomic E-state index is 12.6. The van der Waals surface area contributed by atoms with Crippen molar-refractivity contribution < 1.29 is 0 Å². The molecule has 6 heteroatoms. The molecule has 0 saturated heterocycles. The predicted molar refractivity (Wildman–Crippen MR) is 196 cm³/mol. The zero-order chi connectivity index (χ0) is 32.4. The van der Waals surface area contributed by atoms with Crippen molar-refractivity contribution in [3.8, 4) is 45.3 Å².